The molecule has 1 aliphatic heterocycles. The number of benzene rings is 1. The molecule has 1 aromatic carbocycles. The van der Waals surface area contributed by atoms with Crippen LogP contribution in [0.3, 0.4) is 0 Å². The number of nitrogens with zero attached hydrogens (tertiary/aromatic N) is 2. The molecule has 0 spiro atoms. The molecule has 0 bridgehead atoms. The molecule has 0 saturated carbocycles. The largest absolute Gasteiger partial charge is 0.389 e. The highest BCUT2D eigenvalue weighted by Crippen LogP contribution is 2.26. The van der Waals surface area contributed by atoms with E-state index in [9.17, 15) is 0 Å². The predicted molar refractivity (Wildman–Crippen MR) is 86.2 cm³/mol. The summed E-state index contributed by atoms with van der Waals surface area (Å²) in [5.41, 5.74) is 7.71. The fourth-order valence-electron chi connectivity index (χ4n) is 2.69. The molecule has 1 unspecified atom stereocenters. The van der Waals surface area contributed by atoms with Gasteiger partial charge in [0.25, 0.3) is 0 Å². The Balaban J connectivity index is 2.15. The van der Waals surface area contributed by atoms with E-state index in [1.54, 1.807) is 0 Å². The molecule has 3 nitrogen and oxygen atoms in total. The first-order chi connectivity index (χ1) is 8.97. The molecule has 104 valence electrons. The number of likely N-dealkylation sites (tertiary alicyclic amines) is 1. The third-order valence-electron chi connectivity index (χ3n) is 3.66. The van der Waals surface area contributed by atoms with Crippen molar-refractivity contribution < 1.29 is 0 Å². The van der Waals surface area contributed by atoms with Gasteiger partial charge in [0.05, 0.1) is 0 Å². The van der Waals surface area contributed by atoms with Crippen LogP contribution in [0.1, 0.15) is 12.0 Å². The Morgan fingerprint density at radius 3 is 2.89 bits per heavy atom. The van der Waals surface area contributed by atoms with Crippen molar-refractivity contribution in [2.75, 3.05) is 38.6 Å². The van der Waals surface area contributed by atoms with Gasteiger partial charge < -0.3 is 15.5 Å². The Morgan fingerprint density at radius 1 is 1.58 bits per heavy atom. The van der Waals surface area contributed by atoms with Crippen LogP contribution < -0.4 is 10.6 Å². The molecule has 1 aliphatic rings. The maximum Gasteiger partial charge on any atom is 0.106 e. The zero-order valence-corrected chi connectivity index (χ0v) is 13.0. The van der Waals surface area contributed by atoms with E-state index in [2.05, 4.69) is 23.9 Å². The minimum absolute atomic E-state index is 0.419. The Hall–Kier alpha value is -0.840. The molecule has 1 saturated heterocycles. The standard InChI is InChI=1S/C14H20ClN3S/c1-17-6-5-10(8-17)9-18(2)13-7-11(15)3-4-12(13)14(16)19/h3-4,7,10H,5-6,8-9H2,1-2H3,(H2,16,19). The molecule has 0 amide bonds. The van der Waals surface area contributed by atoms with Crippen LogP contribution in [0.15, 0.2) is 18.2 Å². The Bertz CT molecular complexity index is 478. The third-order valence-corrected chi connectivity index (χ3v) is 4.11. The molecule has 1 aromatic rings. The van der Waals surface area contributed by atoms with Crippen LogP contribution in [-0.4, -0.2) is 43.6 Å². The molecule has 19 heavy (non-hydrogen) atoms. The summed E-state index contributed by atoms with van der Waals surface area (Å²) in [6.45, 7) is 3.32. The third kappa shape index (κ3) is 3.59. The van der Waals surface area contributed by atoms with Crippen molar-refractivity contribution in [2.24, 2.45) is 11.7 Å². The quantitative estimate of drug-likeness (QED) is 0.865. The lowest BCUT2D eigenvalue weighted by atomic mass is 10.1. The van der Waals surface area contributed by atoms with E-state index in [1.165, 1.54) is 13.0 Å². The summed E-state index contributed by atoms with van der Waals surface area (Å²) in [4.78, 5) is 5.00. The average Bonchev–Trinajstić information content (AvgIpc) is 2.74. The second-order valence-corrected chi connectivity index (χ2v) is 6.20. The summed E-state index contributed by atoms with van der Waals surface area (Å²) in [5.74, 6) is 0.688. The molecule has 2 rings (SSSR count). The summed E-state index contributed by atoms with van der Waals surface area (Å²) in [6, 6.07) is 5.67. The highest BCUT2D eigenvalue weighted by atomic mass is 35.5. The number of rotatable bonds is 4. The molecule has 0 radical (unpaired) electrons. The fourth-order valence-corrected chi connectivity index (χ4v) is 3.03. The molecule has 1 atom stereocenters. The van der Waals surface area contributed by atoms with Crippen molar-refractivity contribution in [1.29, 1.82) is 0 Å². The number of nitrogens with two attached hydrogens (primary N) is 1. The van der Waals surface area contributed by atoms with Gasteiger partial charge in [0.2, 0.25) is 0 Å². The second-order valence-electron chi connectivity index (χ2n) is 5.32. The molecule has 0 aliphatic carbocycles. The van der Waals surface area contributed by atoms with Crippen molar-refractivity contribution in [1.82, 2.24) is 4.90 Å². The first-order valence-corrected chi connectivity index (χ1v) is 7.25. The monoisotopic (exact) mass is 297 g/mol. The molecule has 2 N–H and O–H groups in total. The van der Waals surface area contributed by atoms with Gasteiger partial charge in [0, 0.05) is 36.4 Å². The van der Waals surface area contributed by atoms with Crippen LogP contribution in [-0.2, 0) is 0 Å². The van der Waals surface area contributed by atoms with E-state index < -0.39 is 0 Å². The van der Waals surface area contributed by atoms with Gasteiger partial charge in [-0.1, -0.05) is 23.8 Å². The van der Waals surface area contributed by atoms with Crippen molar-refractivity contribution in [2.45, 2.75) is 6.42 Å². The smallest absolute Gasteiger partial charge is 0.106 e. The minimum atomic E-state index is 0.419. The minimum Gasteiger partial charge on any atom is -0.389 e. The summed E-state index contributed by atoms with van der Waals surface area (Å²) in [6.07, 6.45) is 1.24. The highest BCUT2D eigenvalue weighted by molar-refractivity contribution is 7.80. The SMILES string of the molecule is CN1CCC(CN(C)c2cc(Cl)ccc2C(N)=S)C1. The lowest BCUT2D eigenvalue weighted by Gasteiger charge is -2.25. The zero-order chi connectivity index (χ0) is 14.0. The van der Waals surface area contributed by atoms with Crippen molar-refractivity contribution >= 4 is 34.5 Å². The van der Waals surface area contributed by atoms with Crippen LogP contribution in [0.25, 0.3) is 0 Å². The maximum absolute atomic E-state index is 6.09. The molecule has 1 fully saturated rings. The number of halogens is 1. The average molecular weight is 298 g/mol. The van der Waals surface area contributed by atoms with Gasteiger partial charge in [-0.3, -0.25) is 0 Å². The predicted octanol–water partition coefficient (Wildman–Crippen LogP) is 2.36. The number of thiocarbonyl (C=S) groups is 1. The van der Waals surface area contributed by atoms with E-state index in [0.29, 0.717) is 15.9 Å². The molecule has 0 aromatic heterocycles. The summed E-state index contributed by atoms with van der Waals surface area (Å²) in [7, 11) is 4.24. The maximum atomic E-state index is 6.09. The van der Waals surface area contributed by atoms with E-state index in [4.69, 9.17) is 29.6 Å². The summed E-state index contributed by atoms with van der Waals surface area (Å²) in [5, 5.41) is 0.713. The second kappa shape index (κ2) is 6.07. The first kappa shape index (κ1) is 14.6. The van der Waals surface area contributed by atoms with Gasteiger partial charge in [-0.25, -0.2) is 0 Å². The normalized spacial score (nSPS) is 19.6. The zero-order valence-electron chi connectivity index (χ0n) is 11.4. The summed E-state index contributed by atoms with van der Waals surface area (Å²) < 4.78 is 0. The van der Waals surface area contributed by atoms with Gasteiger partial charge in [-0.2, -0.15) is 0 Å². The summed E-state index contributed by atoms with van der Waals surface area (Å²) >= 11 is 11.2. The lowest BCUT2D eigenvalue weighted by Crippen LogP contribution is -2.29. The number of hydrogen-bond donors (Lipinski definition) is 1. The van der Waals surface area contributed by atoms with Gasteiger partial charge in [-0.05, 0) is 44.1 Å². The van der Waals surface area contributed by atoms with Crippen LogP contribution in [0.5, 0.6) is 0 Å². The highest BCUT2D eigenvalue weighted by Gasteiger charge is 2.22. The lowest BCUT2D eigenvalue weighted by molar-refractivity contribution is 0.396. The number of hydrogen-bond acceptors (Lipinski definition) is 3. The van der Waals surface area contributed by atoms with Gasteiger partial charge in [0.1, 0.15) is 4.99 Å². The molecule has 5 heteroatoms. The van der Waals surface area contributed by atoms with Crippen LogP contribution in [0, 0.1) is 5.92 Å². The van der Waals surface area contributed by atoms with E-state index in [0.717, 1.165) is 24.3 Å². The van der Waals surface area contributed by atoms with Crippen molar-refractivity contribution in [3.8, 4) is 0 Å². The first-order valence-electron chi connectivity index (χ1n) is 6.46. The van der Waals surface area contributed by atoms with Gasteiger partial charge >= 0.3 is 0 Å². The van der Waals surface area contributed by atoms with Crippen LogP contribution in [0.2, 0.25) is 5.02 Å². The van der Waals surface area contributed by atoms with E-state index in [-0.39, 0.29) is 0 Å². The van der Waals surface area contributed by atoms with E-state index in [1.807, 2.05) is 18.2 Å². The number of anilines is 1. The topological polar surface area (TPSA) is 32.5 Å². The van der Waals surface area contributed by atoms with Gasteiger partial charge in [0.15, 0.2) is 0 Å². The van der Waals surface area contributed by atoms with E-state index >= 15 is 0 Å². The van der Waals surface area contributed by atoms with Crippen molar-refractivity contribution in [3.05, 3.63) is 28.8 Å². The van der Waals surface area contributed by atoms with Crippen molar-refractivity contribution in [3.63, 3.8) is 0 Å². The molecular formula is C14H20ClN3S. The molecular weight excluding hydrogens is 278 g/mol. The Kier molecular flexibility index (Phi) is 4.66. The Morgan fingerprint density at radius 2 is 2.32 bits per heavy atom. The van der Waals surface area contributed by atoms with Gasteiger partial charge in [-0.15, -0.1) is 0 Å². The van der Waals surface area contributed by atoms with Crippen LogP contribution >= 0.6 is 23.8 Å². The fraction of sp³-hybridized carbons (Fsp3) is 0.500. The van der Waals surface area contributed by atoms with Crippen LogP contribution in [0.4, 0.5) is 5.69 Å². The molecule has 1 heterocycles. The Labute approximate surface area is 125 Å².